The van der Waals surface area contributed by atoms with Crippen molar-refractivity contribution in [2.75, 3.05) is 25.2 Å². The van der Waals surface area contributed by atoms with E-state index in [1.807, 2.05) is 19.1 Å². The molecule has 0 fully saturated rings. The molecule has 0 aliphatic carbocycles. The smallest absolute Gasteiger partial charge is 0.309 e. The number of hydrogen-bond acceptors (Lipinski definition) is 5. The minimum absolute atomic E-state index is 0.00688. The highest BCUT2D eigenvalue weighted by Gasteiger charge is 2.12. The average molecular weight is 296 g/mol. The third-order valence-electron chi connectivity index (χ3n) is 2.72. The summed E-state index contributed by atoms with van der Waals surface area (Å²) >= 11 is 1.63. The predicted molar refractivity (Wildman–Crippen MR) is 80.4 cm³/mol. The summed E-state index contributed by atoms with van der Waals surface area (Å²) in [5.74, 6) is 1.75. The van der Waals surface area contributed by atoms with Crippen LogP contribution in [0.15, 0.2) is 24.3 Å². The van der Waals surface area contributed by atoms with Gasteiger partial charge in [-0.25, -0.2) is 0 Å². The molecule has 0 saturated carbocycles. The van der Waals surface area contributed by atoms with Crippen molar-refractivity contribution < 1.29 is 19.1 Å². The van der Waals surface area contributed by atoms with Gasteiger partial charge in [0.15, 0.2) is 5.78 Å². The summed E-state index contributed by atoms with van der Waals surface area (Å²) in [6.07, 6.45) is 0. The Kier molecular flexibility index (Phi) is 7.15. The Balaban J connectivity index is 2.32. The van der Waals surface area contributed by atoms with Crippen LogP contribution in [0.3, 0.4) is 0 Å². The van der Waals surface area contributed by atoms with Gasteiger partial charge in [0.1, 0.15) is 5.75 Å². The molecule has 0 heterocycles. The van der Waals surface area contributed by atoms with Gasteiger partial charge in [-0.05, 0) is 19.1 Å². The molecule has 4 nitrogen and oxygen atoms in total. The molecule has 0 aliphatic heterocycles. The Morgan fingerprint density at radius 2 is 2.00 bits per heavy atom. The van der Waals surface area contributed by atoms with Gasteiger partial charge in [-0.1, -0.05) is 19.1 Å². The Labute approximate surface area is 123 Å². The normalized spacial score (nSPS) is 11.8. The third-order valence-corrected chi connectivity index (χ3v) is 3.91. The second-order valence-corrected chi connectivity index (χ2v) is 5.55. The molecule has 0 N–H and O–H groups in total. The number of carbonyl (C=O) groups excluding carboxylic acids is 2. The van der Waals surface area contributed by atoms with Crippen molar-refractivity contribution in [3.8, 4) is 5.75 Å². The zero-order valence-electron chi connectivity index (χ0n) is 12.0. The molecule has 0 amide bonds. The fourth-order valence-corrected chi connectivity index (χ4v) is 2.48. The Morgan fingerprint density at radius 3 is 2.65 bits per heavy atom. The fraction of sp³-hybridized carbons (Fsp3) is 0.467. The van der Waals surface area contributed by atoms with E-state index in [4.69, 9.17) is 4.74 Å². The number of benzene rings is 1. The fourth-order valence-electron chi connectivity index (χ4n) is 1.62. The number of thioether (sulfide) groups is 1. The van der Waals surface area contributed by atoms with Gasteiger partial charge in [-0.15, -0.1) is 0 Å². The SMILES string of the molecule is COC(=O)C(C)CSCCOc1ccccc1C(C)=O. The first kappa shape index (κ1) is 16.6. The number of esters is 1. The number of ether oxygens (including phenoxy) is 2. The lowest BCUT2D eigenvalue weighted by Crippen LogP contribution is -2.15. The number of carbonyl (C=O) groups is 2. The van der Waals surface area contributed by atoms with Crippen LogP contribution >= 0.6 is 11.8 Å². The number of ketones is 1. The van der Waals surface area contributed by atoms with Gasteiger partial charge in [0.05, 0.1) is 25.2 Å². The quantitative estimate of drug-likeness (QED) is 0.419. The van der Waals surface area contributed by atoms with Crippen LogP contribution < -0.4 is 4.74 Å². The lowest BCUT2D eigenvalue weighted by atomic mass is 10.1. The highest BCUT2D eigenvalue weighted by atomic mass is 32.2. The van der Waals surface area contributed by atoms with E-state index in [0.29, 0.717) is 23.7 Å². The van der Waals surface area contributed by atoms with E-state index in [1.54, 1.807) is 23.9 Å². The largest absolute Gasteiger partial charge is 0.492 e. The van der Waals surface area contributed by atoms with Crippen LogP contribution in [0.5, 0.6) is 5.75 Å². The molecular formula is C15H20O4S. The van der Waals surface area contributed by atoms with E-state index in [1.165, 1.54) is 14.0 Å². The van der Waals surface area contributed by atoms with Crippen LogP contribution in [0.25, 0.3) is 0 Å². The first-order chi connectivity index (χ1) is 9.56. The summed E-state index contributed by atoms with van der Waals surface area (Å²) in [6.45, 7) is 3.86. The van der Waals surface area contributed by atoms with Crippen molar-refractivity contribution in [1.82, 2.24) is 0 Å². The summed E-state index contributed by atoms with van der Waals surface area (Å²) < 4.78 is 10.3. The number of Topliss-reactive ketones (excluding diaryl/α,β-unsaturated/α-hetero) is 1. The monoisotopic (exact) mass is 296 g/mol. The molecule has 0 spiro atoms. The second-order valence-electron chi connectivity index (χ2n) is 4.40. The highest BCUT2D eigenvalue weighted by Crippen LogP contribution is 2.19. The van der Waals surface area contributed by atoms with Crippen molar-refractivity contribution in [2.45, 2.75) is 13.8 Å². The third kappa shape index (κ3) is 5.25. The standard InChI is InChI=1S/C15H20O4S/c1-11(15(17)18-3)10-20-9-8-19-14-7-5-4-6-13(14)12(2)16/h4-7,11H,8-10H2,1-3H3. The molecule has 20 heavy (non-hydrogen) atoms. The summed E-state index contributed by atoms with van der Waals surface area (Å²) in [5, 5.41) is 0. The van der Waals surface area contributed by atoms with Crippen molar-refractivity contribution in [1.29, 1.82) is 0 Å². The maximum atomic E-state index is 11.4. The molecule has 0 radical (unpaired) electrons. The zero-order valence-corrected chi connectivity index (χ0v) is 12.9. The Bertz CT molecular complexity index is 459. The van der Waals surface area contributed by atoms with E-state index < -0.39 is 0 Å². The molecule has 1 aromatic rings. The van der Waals surface area contributed by atoms with Crippen molar-refractivity contribution in [3.05, 3.63) is 29.8 Å². The van der Waals surface area contributed by atoms with Gasteiger partial charge >= 0.3 is 5.97 Å². The van der Waals surface area contributed by atoms with Gasteiger partial charge in [-0.2, -0.15) is 11.8 Å². The Hall–Kier alpha value is -1.49. The topological polar surface area (TPSA) is 52.6 Å². The Morgan fingerprint density at radius 1 is 1.30 bits per heavy atom. The molecule has 110 valence electrons. The van der Waals surface area contributed by atoms with Crippen LogP contribution in [0.4, 0.5) is 0 Å². The molecule has 0 bridgehead atoms. The number of methoxy groups -OCH3 is 1. The molecule has 0 aliphatic rings. The van der Waals surface area contributed by atoms with E-state index in [9.17, 15) is 9.59 Å². The summed E-state index contributed by atoms with van der Waals surface area (Å²) in [6, 6.07) is 7.20. The van der Waals surface area contributed by atoms with E-state index in [-0.39, 0.29) is 17.7 Å². The van der Waals surface area contributed by atoms with Crippen molar-refractivity contribution in [2.24, 2.45) is 5.92 Å². The zero-order chi connectivity index (χ0) is 15.0. The summed E-state index contributed by atoms with van der Waals surface area (Å²) in [7, 11) is 1.39. The van der Waals surface area contributed by atoms with E-state index in [0.717, 1.165) is 5.75 Å². The minimum Gasteiger partial charge on any atom is -0.492 e. The van der Waals surface area contributed by atoms with Gasteiger partial charge in [0, 0.05) is 11.5 Å². The number of rotatable bonds is 8. The number of para-hydroxylation sites is 1. The lowest BCUT2D eigenvalue weighted by molar-refractivity contribution is -0.144. The van der Waals surface area contributed by atoms with Gasteiger partial charge in [0.25, 0.3) is 0 Å². The molecule has 0 saturated heterocycles. The summed E-state index contributed by atoms with van der Waals surface area (Å²) in [4.78, 5) is 22.6. The van der Waals surface area contributed by atoms with Gasteiger partial charge in [0.2, 0.25) is 0 Å². The molecule has 5 heteroatoms. The average Bonchev–Trinajstić information content (AvgIpc) is 2.46. The minimum atomic E-state index is -0.194. The predicted octanol–water partition coefficient (Wildman–Crippen LogP) is 2.81. The first-order valence-corrected chi connectivity index (χ1v) is 7.60. The van der Waals surface area contributed by atoms with E-state index in [2.05, 4.69) is 4.74 Å². The molecule has 1 unspecified atom stereocenters. The van der Waals surface area contributed by atoms with Crippen molar-refractivity contribution in [3.63, 3.8) is 0 Å². The lowest BCUT2D eigenvalue weighted by Gasteiger charge is -2.11. The van der Waals surface area contributed by atoms with E-state index >= 15 is 0 Å². The van der Waals surface area contributed by atoms with Crippen LogP contribution in [-0.2, 0) is 9.53 Å². The maximum absolute atomic E-state index is 11.4. The van der Waals surface area contributed by atoms with Crippen LogP contribution in [-0.4, -0.2) is 37.0 Å². The van der Waals surface area contributed by atoms with Gasteiger partial charge in [-0.3, -0.25) is 9.59 Å². The van der Waals surface area contributed by atoms with Crippen LogP contribution in [0, 0.1) is 5.92 Å². The molecule has 0 aromatic heterocycles. The van der Waals surface area contributed by atoms with Crippen LogP contribution in [0.2, 0.25) is 0 Å². The van der Waals surface area contributed by atoms with Crippen molar-refractivity contribution >= 4 is 23.5 Å². The number of hydrogen-bond donors (Lipinski definition) is 0. The van der Waals surface area contributed by atoms with Gasteiger partial charge < -0.3 is 9.47 Å². The molecular weight excluding hydrogens is 276 g/mol. The molecule has 1 aromatic carbocycles. The highest BCUT2D eigenvalue weighted by molar-refractivity contribution is 7.99. The first-order valence-electron chi connectivity index (χ1n) is 6.44. The molecule has 1 rings (SSSR count). The molecule has 1 atom stereocenters. The second kappa shape index (κ2) is 8.64. The maximum Gasteiger partial charge on any atom is 0.309 e. The summed E-state index contributed by atoms with van der Waals surface area (Å²) in [5.41, 5.74) is 0.598. The van der Waals surface area contributed by atoms with Crippen LogP contribution in [0.1, 0.15) is 24.2 Å².